The second kappa shape index (κ2) is 7.99. The zero-order valence-corrected chi connectivity index (χ0v) is 15.6. The molecule has 0 spiro atoms. The van der Waals surface area contributed by atoms with Crippen LogP contribution in [0.5, 0.6) is 0 Å². The molecule has 0 bridgehead atoms. The predicted octanol–water partition coefficient (Wildman–Crippen LogP) is 5.77. The van der Waals surface area contributed by atoms with Crippen LogP contribution in [-0.4, -0.2) is 4.92 Å². The number of nitro benzene ring substituents is 1. The molecule has 3 aromatic rings. The van der Waals surface area contributed by atoms with E-state index in [9.17, 15) is 15.4 Å². The van der Waals surface area contributed by atoms with Crippen molar-refractivity contribution in [1.29, 1.82) is 5.26 Å². The minimum absolute atomic E-state index is 0.0335. The molecule has 0 aromatic heterocycles. The van der Waals surface area contributed by atoms with E-state index in [4.69, 9.17) is 4.74 Å². The highest BCUT2D eigenvalue weighted by Gasteiger charge is 2.33. The Bertz CT molecular complexity index is 1080. The highest BCUT2D eigenvalue weighted by atomic mass is 16.6. The van der Waals surface area contributed by atoms with Gasteiger partial charge in [-0.1, -0.05) is 72.8 Å². The van der Waals surface area contributed by atoms with Gasteiger partial charge in [0.1, 0.15) is 11.9 Å². The summed E-state index contributed by atoms with van der Waals surface area (Å²) in [6.07, 6.45) is 0.366. The van der Waals surface area contributed by atoms with E-state index in [-0.39, 0.29) is 17.7 Å². The molecule has 0 aliphatic carbocycles. The minimum atomic E-state index is -0.420. The lowest BCUT2D eigenvalue weighted by Crippen LogP contribution is -2.19. The van der Waals surface area contributed by atoms with Gasteiger partial charge in [-0.3, -0.25) is 10.1 Å². The van der Waals surface area contributed by atoms with E-state index in [1.807, 2.05) is 60.7 Å². The van der Waals surface area contributed by atoms with Crippen LogP contribution in [0.25, 0.3) is 5.76 Å². The molecule has 1 heterocycles. The molecule has 0 amide bonds. The summed E-state index contributed by atoms with van der Waals surface area (Å²) in [4.78, 5) is 10.6. The zero-order chi connectivity index (χ0) is 20.2. The molecule has 5 heteroatoms. The van der Waals surface area contributed by atoms with Crippen molar-refractivity contribution in [3.8, 4) is 6.07 Å². The third-order valence-electron chi connectivity index (χ3n) is 5.14. The standard InChI is InChI=1S/C24H18N2O3/c25-16-22-21(17-11-13-20(14-12-17)26(27)28)15-23(18-7-3-1-4-8-18)29-24(22)19-9-5-2-6-10-19/h1-14,21,23H,15H2/t21-,23+/m0/s1. The molecule has 1 aliphatic heterocycles. The van der Waals surface area contributed by atoms with E-state index < -0.39 is 4.92 Å². The van der Waals surface area contributed by atoms with Gasteiger partial charge in [0, 0.05) is 30.0 Å². The maximum absolute atomic E-state index is 11.0. The molecule has 0 unspecified atom stereocenters. The molecule has 0 N–H and O–H groups in total. The van der Waals surface area contributed by atoms with Crippen molar-refractivity contribution in [3.05, 3.63) is 117 Å². The molecule has 5 nitrogen and oxygen atoms in total. The topological polar surface area (TPSA) is 76.2 Å². The molecule has 3 aromatic carbocycles. The summed E-state index contributed by atoms with van der Waals surface area (Å²) >= 11 is 0. The SMILES string of the molecule is N#CC1=C(c2ccccc2)O[C@@H](c2ccccc2)C[C@H]1c1ccc([N+](=O)[O-])cc1. The highest BCUT2D eigenvalue weighted by Crippen LogP contribution is 2.45. The van der Waals surface area contributed by atoms with Gasteiger partial charge in [0.25, 0.3) is 5.69 Å². The summed E-state index contributed by atoms with van der Waals surface area (Å²) in [7, 11) is 0. The quantitative estimate of drug-likeness (QED) is 0.424. The average molecular weight is 382 g/mol. The Labute approximate surface area is 168 Å². The zero-order valence-electron chi connectivity index (χ0n) is 15.6. The van der Waals surface area contributed by atoms with Gasteiger partial charge in [-0.2, -0.15) is 5.26 Å². The summed E-state index contributed by atoms with van der Waals surface area (Å²) in [5.41, 5.74) is 3.31. The van der Waals surface area contributed by atoms with Gasteiger partial charge in [0.2, 0.25) is 0 Å². The molecule has 0 fully saturated rings. The van der Waals surface area contributed by atoms with Crippen molar-refractivity contribution in [1.82, 2.24) is 0 Å². The molecular weight excluding hydrogens is 364 g/mol. The van der Waals surface area contributed by atoms with E-state index in [0.717, 1.165) is 16.7 Å². The average Bonchev–Trinajstić information content (AvgIpc) is 2.79. The van der Waals surface area contributed by atoms with Gasteiger partial charge >= 0.3 is 0 Å². The number of nitrogens with zero attached hydrogens (tertiary/aromatic N) is 2. The van der Waals surface area contributed by atoms with E-state index in [2.05, 4.69) is 6.07 Å². The lowest BCUT2D eigenvalue weighted by molar-refractivity contribution is -0.384. The number of nitriles is 1. The Morgan fingerprint density at radius 1 is 0.897 bits per heavy atom. The number of ether oxygens (including phenoxy) is 1. The van der Waals surface area contributed by atoms with Crippen molar-refractivity contribution in [2.75, 3.05) is 0 Å². The Morgan fingerprint density at radius 3 is 2.10 bits per heavy atom. The van der Waals surface area contributed by atoms with E-state index in [0.29, 0.717) is 17.8 Å². The van der Waals surface area contributed by atoms with Crippen LogP contribution in [0.15, 0.2) is 90.5 Å². The summed E-state index contributed by atoms with van der Waals surface area (Å²) < 4.78 is 6.32. The van der Waals surface area contributed by atoms with Crippen molar-refractivity contribution in [3.63, 3.8) is 0 Å². The molecular formula is C24H18N2O3. The van der Waals surface area contributed by atoms with Gasteiger partial charge < -0.3 is 4.74 Å². The first-order chi connectivity index (χ1) is 14.2. The van der Waals surface area contributed by atoms with Gasteiger partial charge in [-0.15, -0.1) is 0 Å². The summed E-state index contributed by atoms with van der Waals surface area (Å²) in [6.45, 7) is 0. The molecule has 2 atom stereocenters. The predicted molar refractivity (Wildman–Crippen MR) is 110 cm³/mol. The number of non-ortho nitro benzene ring substituents is 1. The first kappa shape index (κ1) is 18.5. The third kappa shape index (κ3) is 3.74. The van der Waals surface area contributed by atoms with Crippen molar-refractivity contribution >= 4 is 11.4 Å². The molecule has 29 heavy (non-hydrogen) atoms. The van der Waals surface area contributed by atoms with E-state index >= 15 is 0 Å². The fraction of sp³-hybridized carbons (Fsp3) is 0.125. The fourth-order valence-electron chi connectivity index (χ4n) is 3.69. The van der Waals surface area contributed by atoms with Crippen molar-refractivity contribution < 1.29 is 9.66 Å². The molecule has 0 saturated carbocycles. The Morgan fingerprint density at radius 2 is 1.52 bits per heavy atom. The number of nitro groups is 1. The lowest BCUT2D eigenvalue weighted by atomic mass is 9.81. The van der Waals surface area contributed by atoms with E-state index in [1.54, 1.807) is 12.1 Å². The first-order valence-corrected chi connectivity index (χ1v) is 9.33. The molecule has 142 valence electrons. The monoisotopic (exact) mass is 382 g/mol. The molecule has 0 radical (unpaired) electrons. The van der Waals surface area contributed by atoms with Crippen LogP contribution >= 0.6 is 0 Å². The number of hydrogen-bond donors (Lipinski definition) is 0. The fourth-order valence-corrected chi connectivity index (χ4v) is 3.69. The third-order valence-corrected chi connectivity index (χ3v) is 5.14. The smallest absolute Gasteiger partial charge is 0.269 e. The van der Waals surface area contributed by atoms with Crippen LogP contribution in [0.1, 0.15) is 35.1 Å². The van der Waals surface area contributed by atoms with E-state index in [1.165, 1.54) is 12.1 Å². The Balaban J connectivity index is 1.82. The van der Waals surface area contributed by atoms with Crippen LogP contribution < -0.4 is 0 Å². The maximum atomic E-state index is 11.0. The maximum Gasteiger partial charge on any atom is 0.269 e. The number of rotatable bonds is 4. The molecule has 0 saturated heterocycles. The summed E-state index contributed by atoms with van der Waals surface area (Å²) in [6, 6.07) is 28.3. The van der Waals surface area contributed by atoms with Gasteiger partial charge in [0.15, 0.2) is 0 Å². The molecule has 1 aliphatic rings. The van der Waals surface area contributed by atoms with Gasteiger partial charge in [0.05, 0.1) is 16.6 Å². The second-order valence-corrected chi connectivity index (χ2v) is 6.87. The number of benzene rings is 3. The Kier molecular flexibility index (Phi) is 5.08. The largest absolute Gasteiger partial charge is 0.484 e. The van der Waals surface area contributed by atoms with Crippen molar-refractivity contribution in [2.45, 2.75) is 18.4 Å². The van der Waals surface area contributed by atoms with Gasteiger partial charge in [-0.25, -0.2) is 0 Å². The van der Waals surface area contributed by atoms with Crippen molar-refractivity contribution in [2.24, 2.45) is 0 Å². The lowest BCUT2D eigenvalue weighted by Gasteiger charge is -2.32. The first-order valence-electron chi connectivity index (χ1n) is 9.33. The van der Waals surface area contributed by atoms with Gasteiger partial charge in [-0.05, 0) is 11.1 Å². The summed E-state index contributed by atoms with van der Waals surface area (Å²) in [5.74, 6) is 0.353. The second-order valence-electron chi connectivity index (χ2n) is 6.87. The highest BCUT2D eigenvalue weighted by molar-refractivity contribution is 5.70. The Hall–Kier alpha value is -3.91. The van der Waals surface area contributed by atoms with Crippen LogP contribution in [-0.2, 0) is 4.74 Å². The number of hydrogen-bond acceptors (Lipinski definition) is 4. The molecule has 4 rings (SSSR count). The van der Waals surface area contributed by atoms with Crippen LogP contribution in [0.4, 0.5) is 5.69 Å². The van der Waals surface area contributed by atoms with Crippen LogP contribution in [0.3, 0.4) is 0 Å². The normalized spacial score (nSPS) is 18.6. The number of allylic oxidation sites excluding steroid dienone is 1. The van der Waals surface area contributed by atoms with Crippen LogP contribution in [0, 0.1) is 21.4 Å². The summed E-state index contributed by atoms with van der Waals surface area (Å²) in [5, 5.41) is 21.0. The van der Waals surface area contributed by atoms with Crippen LogP contribution in [0.2, 0.25) is 0 Å². The minimum Gasteiger partial charge on any atom is -0.484 e.